The van der Waals surface area contributed by atoms with Crippen molar-refractivity contribution in [2.75, 3.05) is 0 Å². The highest BCUT2D eigenvalue weighted by Gasteiger charge is 2.08. The van der Waals surface area contributed by atoms with Crippen LogP contribution in [0.3, 0.4) is 0 Å². The molecule has 0 heterocycles. The summed E-state index contributed by atoms with van der Waals surface area (Å²) in [6.07, 6.45) is 2.31. The van der Waals surface area contributed by atoms with Crippen molar-refractivity contribution in [3.63, 3.8) is 0 Å². The van der Waals surface area contributed by atoms with Crippen molar-refractivity contribution >= 4 is 5.78 Å². The zero-order valence-electron chi connectivity index (χ0n) is 6.75. The van der Waals surface area contributed by atoms with Crippen LogP contribution < -0.4 is 6.15 Å². The van der Waals surface area contributed by atoms with Gasteiger partial charge in [0.05, 0.1) is 0 Å². The molecule has 4 N–H and O–H groups in total. The lowest BCUT2D eigenvalue weighted by Crippen LogP contribution is -2.17. The number of unbranched alkanes of at least 4 members (excludes halogenated alkanes) is 1. The molecule has 1 atom stereocenters. The van der Waals surface area contributed by atoms with Crippen LogP contribution in [0.15, 0.2) is 12.7 Å². The number of hydrogen-bond acceptors (Lipinski definition) is 3. The van der Waals surface area contributed by atoms with Gasteiger partial charge in [-0.05, 0) is 12.5 Å². The van der Waals surface area contributed by atoms with E-state index in [1.165, 1.54) is 0 Å². The number of hydrogen-bond donors (Lipinski definition) is 2. The van der Waals surface area contributed by atoms with E-state index in [2.05, 4.69) is 13.5 Å². The molecule has 0 aliphatic heterocycles. The Hall–Kier alpha value is -0.670. The fourth-order valence-electron chi connectivity index (χ4n) is 0.616. The van der Waals surface area contributed by atoms with Gasteiger partial charge in [-0.1, -0.05) is 26.3 Å². The van der Waals surface area contributed by atoms with Gasteiger partial charge in [0.25, 0.3) is 0 Å². The third-order valence-electron chi connectivity index (χ3n) is 1.26. The van der Waals surface area contributed by atoms with Crippen molar-refractivity contribution in [3.05, 3.63) is 19.6 Å². The van der Waals surface area contributed by atoms with Crippen molar-refractivity contribution in [3.8, 4) is 0 Å². The van der Waals surface area contributed by atoms with Crippen LogP contribution in [0.5, 0.6) is 0 Å². The molecule has 3 heteroatoms. The second-order valence-corrected chi connectivity index (χ2v) is 2.12. The third kappa shape index (κ3) is 5.76. The van der Waals surface area contributed by atoms with E-state index in [0.29, 0.717) is 6.42 Å². The normalized spacial score (nSPS) is 11.5. The quantitative estimate of drug-likeness (QED) is 0.592. The number of rotatable bonds is 5. The Morgan fingerprint density at radius 2 is 2.18 bits per heavy atom. The number of carbonyl (C=O) groups is 1. The van der Waals surface area contributed by atoms with Gasteiger partial charge in [-0.25, -0.2) is 0 Å². The maximum absolute atomic E-state index is 10.6. The molecule has 0 aromatic heterocycles. The highest BCUT2D eigenvalue weighted by molar-refractivity contribution is 5.92. The van der Waals surface area contributed by atoms with Crippen molar-refractivity contribution in [1.82, 2.24) is 6.15 Å². The van der Waals surface area contributed by atoms with E-state index < -0.39 is 6.10 Å². The summed E-state index contributed by atoms with van der Waals surface area (Å²) in [5, 5.41) is 9.00. The summed E-state index contributed by atoms with van der Waals surface area (Å²) in [6.45, 7) is 6.86. The van der Waals surface area contributed by atoms with Crippen molar-refractivity contribution in [2.45, 2.75) is 25.4 Å². The monoisotopic (exact) mass is 158 g/mol. The zero-order valence-corrected chi connectivity index (χ0v) is 6.75. The second-order valence-electron chi connectivity index (χ2n) is 2.12. The average molecular weight is 158 g/mol. The molecule has 3 nitrogen and oxygen atoms in total. The maximum Gasteiger partial charge on any atom is 0.183 e. The molecule has 0 saturated carbocycles. The van der Waals surface area contributed by atoms with E-state index >= 15 is 0 Å². The Balaban J connectivity index is 0. The summed E-state index contributed by atoms with van der Waals surface area (Å²) in [5.41, 5.74) is 0. The Bertz CT molecular complexity index is 123. The number of carbonyl (C=O) groups excluding carboxylic acids is 1. The van der Waals surface area contributed by atoms with Crippen molar-refractivity contribution in [2.24, 2.45) is 0 Å². The molecule has 0 fully saturated rings. The summed E-state index contributed by atoms with van der Waals surface area (Å²) >= 11 is 0. The number of aliphatic hydroxyl groups excluding tert-OH is 1. The summed E-state index contributed by atoms with van der Waals surface area (Å²) in [7, 11) is 0. The Morgan fingerprint density at radius 1 is 1.64 bits per heavy atom. The van der Waals surface area contributed by atoms with Gasteiger partial charge >= 0.3 is 0 Å². The largest absolute Gasteiger partial charge is 0.385 e. The molecule has 0 aromatic carbocycles. The standard InChI is InChI=1S/C8H13O2.H3N/c1-3-5-6-8(10)7(9)4-2;/h4,8,10H,1-3,5-6H2;1H3. The molecule has 11 heavy (non-hydrogen) atoms. The van der Waals surface area contributed by atoms with Crippen LogP contribution in [0, 0.1) is 6.92 Å². The Labute approximate surface area is 67.7 Å². The smallest absolute Gasteiger partial charge is 0.183 e. The van der Waals surface area contributed by atoms with Gasteiger partial charge < -0.3 is 11.3 Å². The first-order chi connectivity index (χ1) is 4.72. The van der Waals surface area contributed by atoms with Gasteiger partial charge in [0.15, 0.2) is 5.78 Å². The van der Waals surface area contributed by atoms with E-state index in [9.17, 15) is 4.79 Å². The molecule has 0 aromatic rings. The van der Waals surface area contributed by atoms with Crippen LogP contribution in [-0.4, -0.2) is 17.0 Å². The minimum absolute atomic E-state index is 0. The molecule has 1 unspecified atom stereocenters. The van der Waals surface area contributed by atoms with Gasteiger partial charge in [0, 0.05) is 0 Å². The van der Waals surface area contributed by atoms with Crippen LogP contribution in [0.4, 0.5) is 0 Å². The van der Waals surface area contributed by atoms with E-state index in [1.807, 2.05) is 0 Å². The van der Waals surface area contributed by atoms with E-state index in [0.717, 1.165) is 18.9 Å². The first kappa shape index (κ1) is 13.0. The minimum atomic E-state index is -0.862. The average Bonchev–Trinajstić information content (AvgIpc) is 1.98. The summed E-state index contributed by atoms with van der Waals surface area (Å²) < 4.78 is 0. The Morgan fingerprint density at radius 3 is 2.55 bits per heavy atom. The van der Waals surface area contributed by atoms with Crippen LogP contribution in [0.25, 0.3) is 0 Å². The molecule has 0 aliphatic rings. The van der Waals surface area contributed by atoms with E-state index in [4.69, 9.17) is 5.11 Å². The molecule has 0 rings (SSSR count). The predicted octanol–water partition coefficient (Wildman–Crippen LogP) is 1.27. The van der Waals surface area contributed by atoms with E-state index in [1.54, 1.807) is 0 Å². The number of ketones is 1. The molecule has 0 spiro atoms. The van der Waals surface area contributed by atoms with Gasteiger partial charge in [0.2, 0.25) is 0 Å². The molecule has 0 saturated heterocycles. The van der Waals surface area contributed by atoms with Crippen molar-refractivity contribution < 1.29 is 9.90 Å². The zero-order chi connectivity index (χ0) is 7.98. The van der Waals surface area contributed by atoms with Crippen LogP contribution in [-0.2, 0) is 4.79 Å². The molecule has 0 amide bonds. The lowest BCUT2D eigenvalue weighted by molar-refractivity contribution is -0.122. The molecule has 1 radical (unpaired) electrons. The molecule has 65 valence electrons. The highest BCUT2D eigenvalue weighted by Crippen LogP contribution is 2.00. The first-order valence-corrected chi connectivity index (χ1v) is 3.36. The van der Waals surface area contributed by atoms with Crippen LogP contribution in [0.2, 0.25) is 0 Å². The van der Waals surface area contributed by atoms with Crippen molar-refractivity contribution in [1.29, 1.82) is 0 Å². The lowest BCUT2D eigenvalue weighted by Gasteiger charge is -2.03. The van der Waals surface area contributed by atoms with Crippen LogP contribution >= 0.6 is 0 Å². The predicted molar refractivity (Wildman–Crippen MR) is 45.4 cm³/mol. The van der Waals surface area contributed by atoms with E-state index in [-0.39, 0.29) is 11.9 Å². The van der Waals surface area contributed by atoms with Gasteiger partial charge in [0.1, 0.15) is 6.10 Å². The maximum atomic E-state index is 10.6. The topological polar surface area (TPSA) is 72.3 Å². The third-order valence-corrected chi connectivity index (χ3v) is 1.26. The van der Waals surface area contributed by atoms with Gasteiger partial charge in [-0.15, -0.1) is 0 Å². The molecule has 0 bridgehead atoms. The Kier molecular flexibility index (Phi) is 8.76. The molecular weight excluding hydrogens is 142 g/mol. The number of aliphatic hydroxyl groups is 1. The van der Waals surface area contributed by atoms with Gasteiger partial charge in [-0.2, -0.15) is 0 Å². The minimum Gasteiger partial charge on any atom is -0.385 e. The summed E-state index contributed by atoms with van der Waals surface area (Å²) in [4.78, 5) is 10.6. The fourth-order valence-corrected chi connectivity index (χ4v) is 0.616. The molecular formula is C8H16NO2. The fraction of sp³-hybridized carbons (Fsp3) is 0.500. The summed E-state index contributed by atoms with van der Waals surface area (Å²) in [6, 6.07) is 0. The summed E-state index contributed by atoms with van der Waals surface area (Å²) in [5.74, 6) is -0.298. The SMILES string of the molecule is N.[CH2]CCCC(O)C(=O)C=C. The highest BCUT2D eigenvalue weighted by atomic mass is 16.3. The van der Waals surface area contributed by atoms with Gasteiger partial charge in [-0.3, -0.25) is 4.79 Å². The molecule has 0 aliphatic carbocycles. The van der Waals surface area contributed by atoms with Crippen LogP contribution in [0.1, 0.15) is 19.3 Å². The second kappa shape index (κ2) is 7.44. The first-order valence-electron chi connectivity index (χ1n) is 3.36. The lowest BCUT2D eigenvalue weighted by atomic mass is 10.1.